The molecule has 3 rings (SSSR count). The number of aryl methyl sites for hydroxylation is 1. The molecule has 4 heteroatoms. The van der Waals surface area contributed by atoms with Gasteiger partial charge in [-0.1, -0.05) is 29.8 Å². The Balaban J connectivity index is 1.70. The predicted octanol–water partition coefficient (Wildman–Crippen LogP) is 3.35. The van der Waals surface area contributed by atoms with E-state index < -0.39 is 0 Å². The standard InChI is InChI=1S/C17H19N3O/c1-12-3-5-13(6-4-12)10-20(2)11-17-19-15-8-7-14(18)9-16(15)21-17/h3-9H,10-11,18H2,1-2H3. The molecule has 0 spiro atoms. The average Bonchev–Trinajstić information content (AvgIpc) is 2.82. The van der Waals surface area contributed by atoms with Gasteiger partial charge in [-0.15, -0.1) is 0 Å². The monoisotopic (exact) mass is 281 g/mol. The molecule has 0 fully saturated rings. The second-order valence-corrected chi connectivity index (χ2v) is 5.49. The lowest BCUT2D eigenvalue weighted by molar-refractivity contribution is 0.285. The number of rotatable bonds is 4. The van der Waals surface area contributed by atoms with Crippen molar-refractivity contribution in [2.24, 2.45) is 0 Å². The number of benzene rings is 2. The van der Waals surface area contributed by atoms with E-state index in [1.54, 1.807) is 0 Å². The minimum atomic E-state index is 0.669. The van der Waals surface area contributed by atoms with Crippen molar-refractivity contribution < 1.29 is 4.42 Å². The maximum atomic E-state index is 5.75. The summed E-state index contributed by atoms with van der Waals surface area (Å²) >= 11 is 0. The SMILES string of the molecule is Cc1ccc(CN(C)Cc2nc3ccc(N)cc3o2)cc1. The first-order valence-electron chi connectivity index (χ1n) is 6.99. The number of nitrogens with two attached hydrogens (primary N) is 1. The summed E-state index contributed by atoms with van der Waals surface area (Å²) in [5, 5.41) is 0. The van der Waals surface area contributed by atoms with Gasteiger partial charge in [0.25, 0.3) is 0 Å². The van der Waals surface area contributed by atoms with Crippen LogP contribution in [0.15, 0.2) is 46.9 Å². The third kappa shape index (κ3) is 3.23. The van der Waals surface area contributed by atoms with Crippen LogP contribution in [-0.4, -0.2) is 16.9 Å². The van der Waals surface area contributed by atoms with Crippen LogP contribution in [0.25, 0.3) is 11.1 Å². The second-order valence-electron chi connectivity index (χ2n) is 5.49. The number of fused-ring (bicyclic) bond motifs is 1. The second kappa shape index (κ2) is 5.58. The van der Waals surface area contributed by atoms with E-state index in [2.05, 4.69) is 48.1 Å². The van der Waals surface area contributed by atoms with Crippen molar-refractivity contribution in [3.8, 4) is 0 Å². The normalized spacial score (nSPS) is 11.4. The zero-order chi connectivity index (χ0) is 14.8. The summed E-state index contributed by atoms with van der Waals surface area (Å²) in [5.41, 5.74) is 10.6. The quantitative estimate of drug-likeness (QED) is 0.745. The molecule has 0 amide bonds. The first kappa shape index (κ1) is 13.6. The number of oxazole rings is 1. The summed E-state index contributed by atoms with van der Waals surface area (Å²) in [6.45, 7) is 3.63. The Morgan fingerprint density at radius 3 is 2.62 bits per heavy atom. The molecule has 0 aliphatic carbocycles. The molecule has 0 saturated carbocycles. The molecule has 0 aliphatic rings. The van der Waals surface area contributed by atoms with Gasteiger partial charge < -0.3 is 10.2 Å². The highest BCUT2D eigenvalue weighted by molar-refractivity contribution is 5.76. The number of aromatic nitrogens is 1. The highest BCUT2D eigenvalue weighted by atomic mass is 16.3. The van der Waals surface area contributed by atoms with E-state index in [9.17, 15) is 0 Å². The third-order valence-corrected chi connectivity index (χ3v) is 3.44. The van der Waals surface area contributed by atoms with Crippen molar-refractivity contribution >= 4 is 16.8 Å². The van der Waals surface area contributed by atoms with Crippen LogP contribution in [0.1, 0.15) is 17.0 Å². The van der Waals surface area contributed by atoms with Gasteiger partial charge in [-0.25, -0.2) is 4.98 Å². The van der Waals surface area contributed by atoms with E-state index in [4.69, 9.17) is 10.2 Å². The zero-order valence-electron chi connectivity index (χ0n) is 12.3. The van der Waals surface area contributed by atoms with E-state index in [0.29, 0.717) is 18.1 Å². The Kier molecular flexibility index (Phi) is 3.62. The average molecular weight is 281 g/mol. The number of nitrogen functional groups attached to an aromatic ring is 1. The largest absolute Gasteiger partial charge is 0.439 e. The zero-order valence-corrected chi connectivity index (χ0v) is 12.3. The molecule has 1 aromatic heterocycles. The van der Waals surface area contributed by atoms with Crippen molar-refractivity contribution in [1.82, 2.24) is 9.88 Å². The first-order chi connectivity index (χ1) is 10.1. The van der Waals surface area contributed by atoms with Crippen LogP contribution >= 0.6 is 0 Å². The molecular formula is C17H19N3O. The summed E-state index contributed by atoms with van der Waals surface area (Å²) in [6, 6.07) is 14.1. The maximum Gasteiger partial charge on any atom is 0.209 e. The Morgan fingerprint density at radius 2 is 1.86 bits per heavy atom. The van der Waals surface area contributed by atoms with Gasteiger partial charge >= 0.3 is 0 Å². The molecule has 108 valence electrons. The lowest BCUT2D eigenvalue weighted by Crippen LogP contribution is -2.17. The summed E-state index contributed by atoms with van der Waals surface area (Å²) in [6.07, 6.45) is 0. The highest BCUT2D eigenvalue weighted by Gasteiger charge is 2.09. The van der Waals surface area contributed by atoms with Crippen LogP contribution in [0.2, 0.25) is 0 Å². The lowest BCUT2D eigenvalue weighted by Gasteiger charge is -2.14. The summed E-state index contributed by atoms with van der Waals surface area (Å²) in [4.78, 5) is 6.66. The molecule has 0 unspecified atom stereocenters. The van der Waals surface area contributed by atoms with Crippen molar-refractivity contribution in [2.45, 2.75) is 20.0 Å². The third-order valence-electron chi connectivity index (χ3n) is 3.44. The van der Waals surface area contributed by atoms with Crippen LogP contribution in [0.3, 0.4) is 0 Å². The molecule has 4 nitrogen and oxygen atoms in total. The van der Waals surface area contributed by atoms with Gasteiger partial charge in [-0.3, -0.25) is 4.90 Å². The van der Waals surface area contributed by atoms with Crippen molar-refractivity contribution in [3.63, 3.8) is 0 Å². The van der Waals surface area contributed by atoms with E-state index in [1.165, 1.54) is 11.1 Å². The van der Waals surface area contributed by atoms with Crippen molar-refractivity contribution in [1.29, 1.82) is 0 Å². The van der Waals surface area contributed by atoms with Gasteiger partial charge in [0.2, 0.25) is 5.89 Å². The molecule has 21 heavy (non-hydrogen) atoms. The minimum absolute atomic E-state index is 0.669. The Hall–Kier alpha value is -2.33. The maximum absolute atomic E-state index is 5.75. The van der Waals surface area contributed by atoms with E-state index in [0.717, 1.165) is 17.6 Å². The van der Waals surface area contributed by atoms with Crippen LogP contribution in [-0.2, 0) is 13.1 Å². The summed E-state index contributed by atoms with van der Waals surface area (Å²) in [5.74, 6) is 0.713. The number of nitrogens with zero attached hydrogens (tertiary/aromatic N) is 2. The number of anilines is 1. The molecule has 2 N–H and O–H groups in total. The fourth-order valence-electron chi connectivity index (χ4n) is 2.35. The highest BCUT2D eigenvalue weighted by Crippen LogP contribution is 2.19. The Bertz CT molecular complexity index is 746. The summed E-state index contributed by atoms with van der Waals surface area (Å²) < 4.78 is 5.74. The Labute approximate surface area is 124 Å². The van der Waals surface area contributed by atoms with E-state index in [1.807, 2.05) is 18.2 Å². The van der Waals surface area contributed by atoms with Gasteiger partial charge in [0, 0.05) is 18.3 Å². The van der Waals surface area contributed by atoms with Gasteiger partial charge in [0.05, 0.1) is 6.54 Å². The lowest BCUT2D eigenvalue weighted by atomic mass is 10.1. The smallest absolute Gasteiger partial charge is 0.209 e. The van der Waals surface area contributed by atoms with Gasteiger partial charge in [-0.2, -0.15) is 0 Å². The summed E-state index contributed by atoms with van der Waals surface area (Å²) in [7, 11) is 2.06. The van der Waals surface area contributed by atoms with Gasteiger partial charge in [-0.05, 0) is 31.7 Å². The first-order valence-corrected chi connectivity index (χ1v) is 6.99. The number of hydrogen-bond acceptors (Lipinski definition) is 4. The minimum Gasteiger partial charge on any atom is -0.439 e. The van der Waals surface area contributed by atoms with Crippen LogP contribution in [0.5, 0.6) is 0 Å². The van der Waals surface area contributed by atoms with Crippen LogP contribution < -0.4 is 5.73 Å². The van der Waals surface area contributed by atoms with Crippen LogP contribution in [0.4, 0.5) is 5.69 Å². The van der Waals surface area contributed by atoms with Gasteiger partial charge in [0.1, 0.15) is 5.52 Å². The molecular weight excluding hydrogens is 262 g/mol. The van der Waals surface area contributed by atoms with Gasteiger partial charge in [0.15, 0.2) is 5.58 Å². The molecule has 0 saturated heterocycles. The molecule has 0 atom stereocenters. The van der Waals surface area contributed by atoms with Crippen LogP contribution in [0, 0.1) is 6.92 Å². The molecule has 1 heterocycles. The van der Waals surface area contributed by atoms with E-state index in [-0.39, 0.29) is 0 Å². The molecule has 0 aliphatic heterocycles. The molecule has 2 aromatic carbocycles. The fourth-order valence-corrected chi connectivity index (χ4v) is 2.35. The number of hydrogen-bond donors (Lipinski definition) is 1. The Morgan fingerprint density at radius 1 is 1.10 bits per heavy atom. The van der Waals surface area contributed by atoms with E-state index >= 15 is 0 Å². The van der Waals surface area contributed by atoms with Crippen molar-refractivity contribution in [2.75, 3.05) is 12.8 Å². The predicted molar refractivity (Wildman–Crippen MR) is 84.8 cm³/mol. The molecule has 0 bridgehead atoms. The molecule has 0 radical (unpaired) electrons. The van der Waals surface area contributed by atoms with Crippen molar-refractivity contribution in [3.05, 3.63) is 59.5 Å². The topological polar surface area (TPSA) is 55.3 Å². The fraction of sp³-hybridized carbons (Fsp3) is 0.235. The molecule has 3 aromatic rings.